The number of hydrazone groups is 1. The van der Waals surface area contributed by atoms with Gasteiger partial charge in [0.05, 0.1) is 48.3 Å². The summed E-state index contributed by atoms with van der Waals surface area (Å²) < 4.78 is 26.1. The largest absolute Gasteiger partial charge is 0.497 e. The predicted octanol–water partition coefficient (Wildman–Crippen LogP) is 1.61. The average molecular weight is 431 g/mol. The van der Waals surface area contributed by atoms with E-state index in [1.54, 1.807) is 30.3 Å². The molecule has 10 nitrogen and oxygen atoms in total. The van der Waals surface area contributed by atoms with Crippen LogP contribution in [-0.4, -0.2) is 60.1 Å². The lowest BCUT2D eigenvalue weighted by Crippen LogP contribution is -2.34. The van der Waals surface area contributed by atoms with Gasteiger partial charge in [0, 0.05) is 17.2 Å². The van der Waals surface area contributed by atoms with Gasteiger partial charge in [-0.3, -0.25) is 9.59 Å². The molecular weight excluding hydrogens is 406 g/mol. The third kappa shape index (κ3) is 6.26. The summed E-state index contributed by atoms with van der Waals surface area (Å²) in [6.07, 6.45) is 1.41. The highest BCUT2D eigenvalue weighted by molar-refractivity contribution is 5.97. The van der Waals surface area contributed by atoms with Crippen molar-refractivity contribution in [3.8, 4) is 28.7 Å². The molecule has 0 aliphatic heterocycles. The Hall–Kier alpha value is -3.95. The molecule has 0 spiro atoms. The highest BCUT2D eigenvalue weighted by Crippen LogP contribution is 2.37. The van der Waals surface area contributed by atoms with E-state index in [1.807, 2.05) is 0 Å². The Balaban J connectivity index is 1.97. The van der Waals surface area contributed by atoms with Crippen LogP contribution < -0.4 is 34.4 Å². The minimum absolute atomic E-state index is 0.273. The van der Waals surface area contributed by atoms with Gasteiger partial charge in [0.1, 0.15) is 11.5 Å². The zero-order valence-electron chi connectivity index (χ0n) is 18.0. The van der Waals surface area contributed by atoms with E-state index in [9.17, 15) is 9.59 Å². The quantitative estimate of drug-likeness (QED) is 0.434. The first-order valence-electron chi connectivity index (χ1n) is 9.08. The third-order valence-corrected chi connectivity index (χ3v) is 4.11. The van der Waals surface area contributed by atoms with Crippen LogP contribution in [0.3, 0.4) is 0 Å². The Morgan fingerprint density at radius 2 is 1.42 bits per heavy atom. The van der Waals surface area contributed by atoms with Gasteiger partial charge in [-0.2, -0.15) is 5.10 Å². The Labute approximate surface area is 180 Å². The standard InChI is InChI=1S/C21H25N3O7/c1-27-15-8-14(9-16(10-15)28-2)21(26)22-12-19(25)24-23-11-13-6-17(29-3)20(31-5)18(7-13)30-4/h6-11H,12H2,1-5H3,(H,22,26)(H,24,25). The minimum atomic E-state index is -0.507. The van der Waals surface area contributed by atoms with Gasteiger partial charge in [0.2, 0.25) is 5.75 Å². The summed E-state index contributed by atoms with van der Waals surface area (Å²) in [5.41, 5.74) is 3.25. The molecule has 2 N–H and O–H groups in total. The van der Waals surface area contributed by atoms with Gasteiger partial charge < -0.3 is 29.0 Å². The van der Waals surface area contributed by atoms with Gasteiger partial charge in [-0.25, -0.2) is 5.43 Å². The molecule has 10 heteroatoms. The number of hydrogen-bond acceptors (Lipinski definition) is 8. The van der Waals surface area contributed by atoms with Crippen LogP contribution in [0.15, 0.2) is 35.4 Å². The van der Waals surface area contributed by atoms with Crippen LogP contribution in [0.4, 0.5) is 0 Å². The fraction of sp³-hybridized carbons (Fsp3) is 0.286. The summed E-state index contributed by atoms with van der Waals surface area (Å²) in [5.74, 6) is 1.31. The van der Waals surface area contributed by atoms with Crippen LogP contribution >= 0.6 is 0 Å². The number of nitrogens with one attached hydrogen (secondary N) is 2. The van der Waals surface area contributed by atoms with Crippen LogP contribution in [0.5, 0.6) is 28.7 Å². The topological polar surface area (TPSA) is 117 Å². The SMILES string of the molecule is COc1cc(OC)cc(C(=O)NCC(=O)NN=Cc2cc(OC)c(OC)c(OC)c2)c1. The molecule has 0 aliphatic carbocycles. The molecule has 2 rings (SSSR count). The molecule has 2 aromatic carbocycles. The number of carbonyl (C=O) groups excluding carboxylic acids is 2. The summed E-state index contributed by atoms with van der Waals surface area (Å²) >= 11 is 0. The molecule has 166 valence electrons. The zero-order chi connectivity index (χ0) is 22.8. The number of hydrogen-bond donors (Lipinski definition) is 2. The fourth-order valence-electron chi connectivity index (χ4n) is 2.60. The number of nitrogens with zero attached hydrogens (tertiary/aromatic N) is 1. The van der Waals surface area contributed by atoms with E-state index in [4.69, 9.17) is 23.7 Å². The molecule has 0 bridgehead atoms. The molecule has 0 unspecified atom stereocenters. The maximum absolute atomic E-state index is 12.3. The van der Waals surface area contributed by atoms with Crippen molar-refractivity contribution in [3.63, 3.8) is 0 Å². The number of benzene rings is 2. The fourth-order valence-corrected chi connectivity index (χ4v) is 2.60. The Bertz CT molecular complexity index is 913. The van der Waals surface area contributed by atoms with Crippen molar-refractivity contribution in [2.75, 3.05) is 42.1 Å². The van der Waals surface area contributed by atoms with Crippen LogP contribution in [0.2, 0.25) is 0 Å². The molecular formula is C21H25N3O7. The average Bonchev–Trinajstić information content (AvgIpc) is 2.81. The van der Waals surface area contributed by atoms with E-state index in [-0.39, 0.29) is 6.54 Å². The van der Waals surface area contributed by atoms with Gasteiger partial charge >= 0.3 is 0 Å². The lowest BCUT2D eigenvalue weighted by molar-refractivity contribution is -0.120. The summed E-state index contributed by atoms with van der Waals surface area (Å²) in [7, 11) is 7.47. The van der Waals surface area contributed by atoms with E-state index in [2.05, 4.69) is 15.8 Å². The number of methoxy groups -OCH3 is 5. The van der Waals surface area contributed by atoms with Crippen molar-refractivity contribution in [2.45, 2.75) is 0 Å². The maximum atomic E-state index is 12.3. The van der Waals surface area contributed by atoms with E-state index >= 15 is 0 Å². The molecule has 2 amide bonds. The second kappa shape index (κ2) is 11.3. The normalized spacial score (nSPS) is 10.4. The van der Waals surface area contributed by atoms with Crippen LogP contribution in [-0.2, 0) is 4.79 Å². The summed E-state index contributed by atoms with van der Waals surface area (Å²) in [6, 6.07) is 8.07. The van der Waals surface area contributed by atoms with Gasteiger partial charge in [-0.15, -0.1) is 0 Å². The highest BCUT2D eigenvalue weighted by Gasteiger charge is 2.13. The first-order chi connectivity index (χ1) is 14.9. The number of ether oxygens (including phenoxy) is 5. The van der Waals surface area contributed by atoms with Gasteiger partial charge in [0.25, 0.3) is 11.8 Å². The van der Waals surface area contributed by atoms with E-state index < -0.39 is 11.8 Å². The lowest BCUT2D eigenvalue weighted by Gasteiger charge is -2.12. The molecule has 0 fully saturated rings. The van der Waals surface area contributed by atoms with Crippen LogP contribution in [0.1, 0.15) is 15.9 Å². The molecule has 0 atom stereocenters. The zero-order valence-corrected chi connectivity index (χ0v) is 18.0. The Kier molecular flexibility index (Phi) is 8.50. The summed E-state index contributed by atoms with van der Waals surface area (Å²) in [4.78, 5) is 24.3. The van der Waals surface area contributed by atoms with Gasteiger partial charge in [0.15, 0.2) is 11.5 Å². The number of rotatable bonds is 10. The molecule has 2 aromatic rings. The van der Waals surface area contributed by atoms with Gasteiger partial charge in [-0.05, 0) is 24.3 Å². The van der Waals surface area contributed by atoms with Crippen molar-refractivity contribution in [3.05, 3.63) is 41.5 Å². The summed E-state index contributed by atoms with van der Waals surface area (Å²) in [6.45, 7) is -0.273. The molecule has 0 saturated carbocycles. The molecule has 0 radical (unpaired) electrons. The Morgan fingerprint density at radius 1 is 0.839 bits per heavy atom. The molecule has 0 saturated heterocycles. The van der Waals surface area contributed by atoms with Crippen molar-refractivity contribution in [2.24, 2.45) is 5.10 Å². The van der Waals surface area contributed by atoms with Crippen LogP contribution in [0, 0.1) is 0 Å². The molecule has 0 aromatic heterocycles. The van der Waals surface area contributed by atoms with Crippen molar-refractivity contribution < 1.29 is 33.3 Å². The first-order valence-corrected chi connectivity index (χ1v) is 9.08. The first kappa shape index (κ1) is 23.3. The smallest absolute Gasteiger partial charge is 0.259 e. The van der Waals surface area contributed by atoms with Crippen molar-refractivity contribution in [1.82, 2.24) is 10.7 Å². The van der Waals surface area contributed by atoms with Crippen molar-refractivity contribution >= 4 is 18.0 Å². The van der Waals surface area contributed by atoms with Crippen LogP contribution in [0.25, 0.3) is 0 Å². The second-order valence-corrected chi connectivity index (χ2v) is 6.04. The van der Waals surface area contributed by atoms with E-state index in [1.165, 1.54) is 41.8 Å². The minimum Gasteiger partial charge on any atom is -0.497 e. The molecule has 0 heterocycles. The van der Waals surface area contributed by atoms with E-state index in [0.29, 0.717) is 39.9 Å². The third-order valence-electron chi connectivity index (χ3n) is 4.11. The maximum Gasteiger partial charge on any atom is 0.259 e. The molecule has 31 heavy (non-hydrogen) atoms. The second-order valence-electron chi connectivity index (χ2n) is 6.04. The predicted molar refractivity (Wildman–Crippen MR) is 114 cm³/mol. The monoisotopic (exact) mass is 431 g/mol. The highest BCUT2D eigenvalue weighted by atomic mass is 16.5. The summed E-state index contributed by atoms with van der Waals surface area (Å²) in [5, 5.41) is 6.39. The van der Waals surface area contributed by atoms with E-state index in [0.717, 1.165) is 0 Å². The van der Waals surface area contributed by atoms with Crippen molar-refractivity contribution in [1.29, 1.82) is 0 Å². The van der Waals surface area contributed by atoms with Gasteiger partial charge in [-0.1, -0.05) is 0 Å². The number of carbonyl (C=O) groups is 2. The number of amides is 2. The Morgan fingerprint density at radius 3 is 1.90 bits per heavy atom. The molecule has 0 aliphatic rings. The lowest BCUT2D eigenvalue weighted by atomic mass is 10.2.